The Kier molecular flexibility index (Phi) is 5.07. The van der Waals surface area contributed by atoms with Gasteiger partial charge in [0.25, 0.3) is 0 Å². The second-order valence-electron chi connectivity index (χ2n) is 4.01. The van der Waals surface area contributed by atoms with Gasteiger partial charge in [-0.3, -0.25) is 0 Å². The van der Waals surface area contributed by atoms with Crippen molar-refractivity contribution < 1.29 is 4.39 Å². The van der Waals surface area contributed by atoms with Crippen LogP contribution in [0.25, 0.3) is 0 Å². The fraction of sp³-hybridized carbons (Fsp3) is 0.500. The van der Waals surface area contributed by atoms with Crippen LogP contribution in [0.5, 0.6) is 0 Å². The molecule has 0 saturated heterocycles. The van der Waals surface area contributed by atoms with Crippen LogP contribution in [0.1, 0.15) is 25.8 Å². The standard InChI is InChI=1S/C12H15BrClF/c1-8(2)11(14)7-6-9-4-3-5-10(13)12(9)15/h3-5,8,11H,6-7H2,1-2H3. The van der Waals surface area contributed by atoms with Crippen molar-refractivity contribution in [3.8, 4) is 0 Å². The molecular formula is C12H15BrClF. The fourth-order valence-electron chi connectivity index (χ4n) is 1.37. The van der Waals surface area contributed by atoms with Crippen LogP contribution < -0.4 is 0 Å². The lowest BCUT2D eigenvalue weighted by atomic mass is 10.0. The summed E-state index contributed by atoms with van der Waals surface area (Å²) >= 11 is 9.30. The van der Waals surface area contributed by atoms with E-state index in [-0.39, 0.29) is 11.2 Å². The minimum absolute atomic E-state index is 0.114. The Balaban J connectivity index is 2.62. The summed E-state index contributed by atoms with van der Waals surface area (Å²) in [5, 5.41) is 0.114. The Bertz CT molecular complexity index is 325. The minimum atomic E-state index is -0.162. The second kappa shape index (κ2) is 5.86. The van der Waals surface area contributed by atoms with Gasteiger partial charge in [-0.1, -0.05) is 26.0 Å². The maximum atomic E-state index is 13.6. The third-order valence-corrected chi connectivity index (χ3v) is 3.78. The van der Waals surface area contributed by atoms with Crippen LogP contribution in [-0.4, -0.2) is 5.38 Å². The predicted octanol–water partition coefficient (Wildman–Crippen LogP) is 4.78. The predicted molar refractivity (Wildman–Crippen MR) is 66.9 cm³/mol. The van der Waals surface area contributed by atoms with Crippen molar-refractivity contribution in [1.82, 2.24) is 0 Å². The Morgan fingerprint density at radius 1 is 1.40 bits per heavy atom. The van der Waals surface area contributed by atoms with Crippen molar-refractivity contribution in [2.45, 2.75) is 32.1 Å². The number of alkyl halides is 1. The Morgan fingerprint density at radius 2 is 2.07 bits per heavy atom. The van der Waals surface area contributed by atoms with E-state index in [1.165, 1.54) is 0 Å². The second-order valence-corrected chi connectivity index (χ2v) is 5.43. The SMILES string of the molecule is CC(C)C(Cl)CCc1cccc(Br)c1F. The summed E-state index contributed by atoms with van der Waals surface area (Å²) < 4.78 is 14.1. The summed E-state index contributed by atoms with van der Waals surface area (Å²) in [5.41, 5.74) is 0.732. The van der Waals surface area contributed by atoms with E-state index in [9.17, 15) is 4.39 Å². The van der Waals surface area contributed by atoms with Crippen molar-refractivity contribution in [3.63, 3.8) is 0 Å². The number of hydrogen-bond donors (Lipinski definition) is 0. The van der Waals surface area contributed by atoms with E-state index in [0.717, 1.165) is 12.0 Å². The van der Waals surface area contributed by atoms with Gasteiger partial charge in [-0.25, -0.2) is 4.39 Å². The molecule has 0 spiro atoms. The highest BCUT2D eigenvalue weighted by atomic mass is 79.9. The molecule has 1 aromatic rings. The molecule has 3 heteroatoms. The summed E-state index contributed by atoms with van der Waals surface area (Å²) in [6, 6.07) is 5.37. The molecule has 0 bridgehead atoms. The molecule has 1 atom stereocenters. The first-order chi connectivity index (χ1) is 7.02. The Hall–Kier alpha value is -0.0800. The zero-order valence-corrected chi connectivity index (χ0v) is 11.3. The number of benzene rings is 1. The van der Waals surface area contributed by atoms with Crippen LogP contribution in [0.3, 0.4) is 0 Å². The lowest BCUT2D eigenvalue weighted by Crippen LogP contribution is -2.09. The smallest absolute Gasteiger partial charge is 0.140 e. The van der Waals surface area contributed by atoms with Gasteiger partial charge in [-0.2, -0.15) is 0 Å². The lowest BCUT2D eigenvalue weighted by molar-refractivity contribution is 0.549. The third-order valence-electron chi connectivity index (χ3n) is 2.44. The van der Waals surface area contributed by atoms with E-state index in [2.05, 4.69) is 29.8 Å². The van der Waals surface area contributed by atoms with Gasteiger partial charge in [-0.15, -0.1) is 11.6 Å². The average molecular weight is 294 g/mol. The molecule has 0 aromatic heterocycles. The van der Waals surface area contributed by atoms with Crippen LogP contribution in [0.15, 0.2) is 22.7 Å². The van der Waals surface area contributed by atoms with Crippen molar-refractivity contribution >= 4 is 27.5 Å². The van der Waals surface area contributed by atoms with Crippen molar-refractivity contribution in [2.24, 2.45) is 5.92 Å². The van der Waals surface area contributed by atoms with Gasteiger partial charge >= 0.3 is 0 Å². The van der Waals surface area contributed by atoms with E-state index in [0.29, 0.717) is 16.8 Å². The highest BCUT2D eigenvalue weighted by Gasteiger charge is 2.12. The number of hydrogen-bond acceptors (Lipinski definition) is 0. The molecule has 0 fully saturated rings. The van der Waals surface area contributed by atoms with Crippen molar-refractivity contribution in [2.75, 3.05) is 0 Å². The molecule has 0 aliphatic heterocycles. The van der Waals surface area contributed by atoms with Crippen LogP contribution >= 0.6 is 27.5 Å². The molecule has 0 nitrogen and oxygen atoms in total. The van der Waals surface area contributed by atoms with Gasteiger partial charge in [-0.05, 0) is 46.3 Å². The molecule has 0 amide bonds. The van der Waals surface area contributed by atoms with Gasteiger partial charge < -0.3 is 0 Å². The summed E-state index contributed by atoms with van der Waals surface area (Å²) in [7, 11) is 0. The number of rotatable bonds is 4. The molecule has 1 aromatic carbocycles. The molecule has 1 rings (SSSR count). The van der Waals surface area contributed by atoms with Crippen molar-refractivity contribution in [1.29, 1.82) is 0 Å². The first kappa shape index (κ1) is 13.0. The van der Waals surface area contributed by atoms with Gasteiger partial charge in [0.2, 0.25) is 0 Å². The zero-order valence-electron chi connectivity index (χ0n) is 8.93. The Morgan fingerprint density at radius 3 is 2.67 bits per heavy atom. The normalized spacial score (nSPS) is 13.2. The quantitative estimate of drug-likeness (QED) is 0.701. The van der Waals surface area contributed by atoms with E-state index in [1.807, 2.05) is 12.1 Å². The summed E-state index contributed by atoms with van der Waals surface area (Å²) in [6.07, 6.45) is 1.50. The van der Waals surface area contributed by atoms with E-state index >= 15 is 0 Å². The summed E-state index contributed by atoms with van der Waals surface area (Å²) in [5.74, 6) is 0.270. The summed E-state index contributed by atoms with van der Waals surface area (Å²) in [6.45, 7) is 4.16. The molecule has 15 heavy (non-hydrogen) atoms. The number of halogens is 3. The molecular weight excluding hydrogens is 278 g/mol. The zero-order chi connectivity index (χ0) is 11.4. The molecule has 84 valence electrons. The maximum Gasteiger partial charge on any atom is 0.140 e. The fourth-order valence-corrected chi connectivity index (χ4v) is 1.88. The van der Waals surface area contributed by atoms with E-state index in [1.54, 1.807) is 6.07 Å². The molecule has 0 aliphatic rings. The Labute approximate surface area is 104 Å². The molecule has 0 aliphatic carbocycles. The van der Waals surface area contributed by atoms with Crippen LogP contribution in [0.2, 0.25) is 0 Å². The number of aryl methyl sites for hydroxylation is 1. The van der Waals surface area contributed by atoms with Crippen LogP contribution in [-0.2, 0) is 6.42 Å². The monoisotopic (exact) mass is 292 g/mol. The first-order valence-electron chi connectivity index (χ1n) is 5.09. The largest absolute Gasteiger partial charge is 0.205 e. The minimum Gasteiger partial charge on any atom is -0.205 e. The van der Waals surface area contributed by atoms with Gasteiger partial charge in [0.15, 0.2) is 0 Å². The molecule has 0 radical (unpaired) electrons. The van der Waals surface area contributed by atoms with E-state index < -0.39 is 0 Å². The topological polar surface area (TPSA) is 0 Å². The molecule has 1 unspecified atom stereocenters. The maximum absolute atomic E-state index is 13.6. The molecule has 0 heterocycles. The van der Waals surface area contributed by atoms with Gasteiger partial charge in [0, 0.05) is 5.38 Å². The third kappa shape index (κ3) is 3.76. The van der Waals surface area contributed by atoms with Crippen LogP contribution in [0, 0.1) is 11.7 Å². The average Bonchev–Trinajstić information content (AvgIpc) is 2.19. The van der Waals surface area contributed by atoms with Crippen molar-refractivity contribution in [3.05, 3.63) is 34.1 Å². The molecule has 0 saturated carbocycles. The highest BCUT2D eigenvalue weighted by Crippen LogP contribution is 2.22. The van der Waals surface area contributed by atoms with E-state index in [4.69, 9.17) is 11.6 Å². The van der Waals surface area contributed by atoms with Crippen LogP contribution in [0.4, 0.5) is 4.39 Å². The summed E-state index contributed by atoms with van der Waals surface area (Å²) in [4.78, 5) is 0. The highest BCUT2D eigenvalue weighted by molar-refractivity contribution is 9.10. The lowest BCUT2D eigenvalue weighted by Gasteiger charge is -2.13. The first-order valence-corrected chi connectivity index (χ1v) is 6.32. The molecule has 0 N–H and O–H groups in total. The van der Waals surface area contributed by atoms with Gasteiger partial charge in [0.1, 0.15) is 5.82 Å². The van der Waals surface area contributed by atoms with Gasteiger partial charge in [0.05, 0.1) is 4.47 Å².